The molecule has 0 saturated heterocycles. The smallest absolute Gasteiger partial charge is 0.255 e. The van der Waals surface area contributed by atoms with Gasteiger partial charge in [0.2, 0.25) is 12.3 Å². The molecule has 0 bridgehead atoms. The maximum Gasteiger partial charge on any atom is 0.255 e. The van der Waals surface area contributed by atoms with Crippen LogP contribution in [0.3, 0.4) is 0 Å². The van der Waals surface area contributed by atoms with Gasteiger partial charge in [-0.3, -0.25) is 29.4 Å². The topological polar surface area (TPSA) is 104 Å². The van der Waals surface area contributed by atoms with Gasteiger partial charge >= 0.3 is 0 Å². The second kappa shape index (κ2) is 9.18. The summed E-state index contributed by atoms with van der Waals surface area (Å²) in [5, 5.41) is 2.09. The van der Waals surface area contributed by atoms with Gasteiger partial charge in [0.15, 0.2) is 6.29 Å². The number of fused-ring (bicyclic) bond motifs is 1. The summed E-state index contributed by atoms with van der Waals surface area (Å²) in [5.74, 6) is -1.03. The van der Waals surface area contributed by atoms with Gasteiger partial charge in [-0.2, -0.15) is 0 Å². The molecule has 8 heteroatoms. The highest BCUT2D eigenvalue weighted by molar-refractivity contribution is 6.04. The summed E-state index contributed by atoms with van der Waals surface area (Å²) in [4.78, 5) is 61.1. The molecule has 1 aliphatic rings. The highest BCUT2D eigenvalue weighted by atomic mass is 16.2. The molecule has 2 rings (SSSR count). The second-order valence-corrected chi connectivity index (χ2v) is 6.51. The second-order valence-electron chi connectivity index (χ2n) is 6.51. The van der Waals surface area contributed by atoms with Gasteiger partial charge in [-0.1, -0.05) is 13.3 Å². The molecule has 0 aliphatic carbocycles. The van der Waals surface area contributed by atoms with Crippen LogP contribution in [0.15, 0.2) is 12.1 Å². The largest absolute Gasteiger partial charge is 0.330 e. The summed E-state index contributed by atoms with van der Waals surface area (Å²) in [6.45, 7) is 3.20. The minimum atomic E-state index is -0.813. The highest BCUT2D eigenvalue weighted by Gasteiger charge is 2.29. The Balaban J connectivity index is 2.33. The number of nitrogens with zero attached hydrogens (tertiary/aromatic N) is 2. The molecule has 3 amide bonds. The van der Waals surface area contributed by atoms with Crippen molar-refractivity contribution in [1.29, 1.82) is 0 Å². The Hall–Kier alpha value is -2.87. The standard InChI is InChI=1S/C19H23N3O5/c1-3-4-17(18(26)20-12-25)21(2)19(27)16-8-14-10-22(5-6-23)9-13(14)7-15(16)11-24/h6-8,11-12,17H,3-5,9-10H2,1-2H3,(H,20,25,26). The van der Waals surface area contributed by atoms with Crippen molar-refractivity contribution in [2.45, 2.75) is 38.9 Å². The van der Waals surface area contributed by atoms with Crippen molar-refractivity contribution in [2.24, 2.45) is 0 Å². The number of carbonyl (C=O) groups is 5. The van der Waals surface area contributed by atoms with Crippen LogP contribution in [0.5, 0.6) is 0 Å². The van der Waals surface area contributed by atoms with E-state index in [1.165, 1.54) is 11.9 Å². The molecule has 0 fully saturated rings. The van der Waals surface area contributed by atoms with Gasteiger partial charge in [0.1, 0.15) is 12.3 Å². The highest BCUT2D eigenvalue weighted by Crippen LogP contribution is 2.26. The van der Waals surface area contributed by atoms with E-state index in [0.29, 0.717) is 32.2 Å². The van der Waals surface area contributed by atoms with Gasteiger partial charge in [0, 0.05) is 25.7 Å². The van der Waals surface area contributed by atoms with E-state index in [-0.39, 0.29) is 24.1 Å². The van der Waals surface area contributed by atoms with E-state index in [1.807, 2.05) is 11.8 Å². The lowest BCUT2D eigenvalue weighted by Crippen LogP contribution is -2.47. The molecule has 1 atom stereocenters. The number of hydrogen-bond acceptors (Lipinski definition) is 6. The van der Waals surface area contributed by atoms with Crippen molar-refractivity contribution in [3.63, 3.8) is 0 Å². The van der Waals surface area contributed by atoms with Crippen molar-refractivity contribution in [3.8, 4) is 0 Å². The molecule has 1 unspecified atom stereocenters. The van der Waals surface area contributed by atoms with Crippen LogP contribution < -0.4 is 5.32 Å². The molecule has 1 N–H and O–H groups in total. The molecule has 8 nitrogen and oxygen atoms in total. The molecule has 144 valence electrons. The molecule has 1 aliphatic heterocycles. The van der Waals surface area contributed by atoms with Crippen molar-refractivity contribution >= 4 is 30.8 Å². The molecular weight excluding hydrogens is 350 g/mol. The Morgan fingerprint density at radius 2 is 1.89 bits per heavy atom. The minimum absolute atomic E-state index is 0.208. The Labute approximate surface area is 157 Å². The van der Waals surface area contributed by atoms with Crippen LogP contribution in [0, 0.1) is 0 Å². The number of likely N-dealkylation sites (N-methyl/N-ethyl adjacent to an activating group) is 1. The first-order chi connectivity index (χ1) is 13.0. The number of imide groups is 1. The van der Waals surface area contributed by atoms with E-state index < -0.39 is 17.9 Å². The van der Waals surface area contributed by atoms with Gasteiger partial charge in [0.25, 0.3) is 5.91 Å². The van der Waals surface area contributed by atoms with Crippen LogP contribution in [0.1, 0.15) is 51.6 Å². The number of carbonyl (C=O) groups excluding carboxylic acids is 5. The molecule has 0 radical (unpaired) electrons. The Bertz CT molecular complexity index is 762. The first-order valence-corrected chi connectivity index (χ1v) is 8.74. The summed E-state index contributed by atoms with van der Waals surface area (Å²) < 4.78 is 0. The van der Waals surface area contributed by atoms with E-state index in [9.17, 15) is 24.0 Å². The van der Waals surface area contributed by atoms with Gasteiger partial charge in [-0.25, -0.2) is 0 Å². The van der Waals surface area contributed by atoms with Crippen molar-refractivity contribution in [3.05, 3.63) is 34.4 Å². The van der Waals surface area contributed by atoms with Gasteiger partial charge < -0.3 is 9.69 Å². The van der Waals surface area contributed by atoms with Crippen molar-refractivity contribution in [2.75, 3.05) is 13.6 Å². The van der Waals surface area contributed by atoms with E-state index in [1.54, 1.807) is 12.1 Å². The summed E-state index contributed by atoms with van der Waals surface area (Å²) in [6.07, 6.45) is 2.74. The van der Waals surface area contributed by atoms with Gasteiger partial charge in [0.05, 0.1) is 12.1 Å². The molecule has 27 heavy (non-hydrogen) atoms. The van der Waals surface area contributed by atoms with E-state index in [0.717, 1.165) is 17.4 Å². The average Bonchev–Trinajstić information content (AvgIpc) is 3.05. The normalized spacial score (nSPS) is 14.1. The minimum Gasteiger partial charge on any atom is -0.330 e. The van der Waals surface area contributed by atoms with Crippen LogP contribution >= 0.6 is 0 Å². The zero-order valence-electron chi connectivity index (χ0n) is 15.4. The van der Waals surface area contributed by atoms with E-state index in [2.05, 4.69) is 5.32 Å². The van der Waals surface area contributed by atoms with Crippen molar-refractivity contribution < 1.29 is 24.0 Å². The van der Waals surface area contributed by atoms with Crippen LogP contribution in [0.4, 0.5) is 0 Å². The first kappa shape index (κ1) is 20.4. The fourth-order valence-corrected chi connectivity index (χ4v) is 3.32. The third-order valence-electron chi connectivity index (χ3n) is 4.70. The predicted molar refractivity (Wildman–Crippen MR) is 97.0 cm³/mol. The number of amides is 3. The van der Waals surface area contributed by atoms with Gasteiger partial charge in [-0.05, 0) is 29.7 Å². The maximum absolute atomic E-state index is 13.0. The fourth-order valence-electron chi connectivity index (χ4n) is 3.32. The lowest BCUT2D eigenvalue weighted by molar-refractivity contribution is -0.128. The van der Waals surface area contributed by atoms with Crippen LogP contribution in [-0.4, -0.2) is 60.2 Å². The third kappa shape index (κ3) is 4.46. The summed E-state index contributed by atoms with van der Waals surface area (Å²) in [7, 11) is 1.48. The molecule has 0 spiro atoms. The Morgan fingerprint density at radius 3 is 2.44 bits per heavy atom. The predicted octanol–water partition coefficient (Wildman–Crippen LogP) is 0.527. The van der Waals surface area contributed by atoms with Gasteiger partial charge in [-0.15, -0.1) is 0 Å². The number of aldehydes is 2. The van der Waals surface area contributed by atoms with E-state index in [4.69, 9.17) is 0 Å². The molecule has 1 aromatic rings. The van der Waals surface area contributed by atoms with E-state index >= 15 is 0 Å². The molecule has 0 aromatic heterocycles. The zero-order valence-corrected chi connectivity index (χ0v) is 15.4. The quantitative estimate of drug-likeness (QED) is 0.633. The molecule has 0 saturated carbocycles. The number of hydrogen-bond donors (Lipinski definition) is 1. The lowest BCUT2D eigenvalue weighted by Gasteiger charge is -2.27. The third-order valence-corrected chi connectivity index (χ3v) is 4.70. The summed E-state index contributed by atoms with van der Waals surface area (Å²) in [5.41, 5.74) is 2.23. The SMILES string of the molecule is CCCC(C(=O)NC=O)N(C)C(=O)c1cc2c(cc1C=O)CN(CC=O)C2. The fraction of sp³-hybridized carbons (Fsp3) is 0.421. The summed E-state index contributed by atoms with van der Waals surface area (Å²) in [6, 6.07) is 2.50. The summed E-state index contributed by atoms with van der Waals surface area (Å²) >= 11 is 0. The number of nitrogens with one attached hydrogen (secondary N) is 1. The monoisotopic (exact) mass is 373 g/mol. The average molecular weight is 373 g/mol. The molecule has 1 heterocycles. The Morgan fingerprint density at radius 1 is 1.22 bits per heavy atom. The molecule has 1 aromatic carbocycles. The number of rotatable bonds is 9. The Kier molecular flexibility index (Phi) is 6.95. The first-order valence-electron chi connectivity index (χ1n) is 8.74. The van der Waals surface area contributed by atoms with Crippen molar-refractivity contribution in [1.82, 2.24) is 15.1 Å². The lowest BCUT2D eigenvalue weighted by atomic mass is 9.99. The van der Waals surface area contributed by atoms with Crippen LogP contribution in [0.2, 0.25) is 0 Å². The van der Waals surface area contributed by atoms with Crippen LogP contribution in [-0.2, 0) is 27.5 Å². The molecular formula is C19H23N3O5. The van der Waals surface area contributed by atoms with Crippen LogP contribution in [0.25, 0.3) is 0 Å². The maximum atomic E-state index is 13.0. The number of benzene rings is 1. The zero-order chi connectivity index (χ0) is 20.0.